The van der Waals surface area contributed by atoms with Crippen molar-refractivity contribution in [2.45, 2.75) is 6.92 Å². The number of anilines is 1. The first kappa shape index (κ1) is 14.6. The Labute approximate surface area is 119 Å². The Balaban J connectivity index is 2.30. The summed E-state index contributed by atoms with van der Waals surface area (Å²) in [5, 5.41) is 3.62. The highest BCUT2D eigenvalue weighted by Crippen LogP contribution is 2.45. The average Bonchev–Trinajstić information content (AvgIpc) is 2.48. The second-order valence-corrected chi connectivity index (χ2v) is 6.25. The molecule has 0 saturated carbocycles. The molecule has 1 atom stereocenters. The maximum absolute atomic E-state index is 13.0. The molecule has 0 spiro atoms. The Morgan fingerprint density at radius 3 is 2.25 bits per heavy atom. The average molecular weight is 291 g/mol. The van der Waals surface area contributed by atoms with E-state index in [0.717, 1.165) is 11.4 Å². The molecule has 0 fully saturated rings. The molecular weight excluding hydrogens is 273 g/mol. The molecule has 106 valence electrons. The van der Waals surface area contributed by atoms with Gasteiger partial charge in [0.1, 0.15) is 5.75 Å². The molecule has 4 nitrogen and oxygen atoms in total. The van der Waals surface area contributed by atoms with Crippen LogP contribution in [0.15, 0.2) is 54.6 Å². The van der Waals surface area contributed by atoms with Gasteiger partial charge in [-0.25, -0.2) is 0 Å². The molecule has 0 aliphatic carbocycles. The van der Waals surface area contributed by atoms with Crippen LogP contribution < -0.4 is 15.1 Å². The molecule has 0 aliphatic rings. The van der Waals surface area contributed by atoms with Crippen molar-refractivity contribution in [1.29, 1.82) is 0 Å². The minimum absolute atomic E-state index is 0.364. The van der Waals surface area contributed by atoms with Crippen molar-refractivity contribution < 1.29 is 13.8 Å². The lowest BCUT2D eigenvalue weighted by atomic mass is 10.3. The van der Waals surface area contributed by atoms with Crippen molar-refractivity contribution in [2.24, 2.45) is 0 Å². The maximum atomic E-state index is 13.0. The molecule has 2 aromatic carbocycles. The number of benzene rings is 2. The first-order valence-electron chi connectivity index (χ1n) is 6.40. The summed E-state index contributed by atoms with van der Waals surface area (Å²) in [6.45, 7) is 2.19. The molecule has 0 radical (unpaired) electrons. The number of hydrogen-bond donors (Lipinski definition) is 1. The third kappa shape index (κ3) is 3.41. The van der Waals surface area contributed by atoms with Crippen LogP contribution in [0.5, 0.6) is 5.75 Å². The third-order valence-corrected chi connectivity index (χ3v) is 4.93. The van der Waals surface area contributed by atoms with E-state index in [-0.39, 0.29) is 0 Å². The van der Waals surface area contributed by atoms with Crippen LogP contribution in [0.1, 0.15) is 6.92 Å². The van der Waals surface area contributed by atoms with Crippen LogP contribution >= 0.6 is 7.52 Å². The highest BCUT2D eigenvalue weighted by Gasteiger charge is 2.25. The van der Waals surface area contributed by atoms with E-state index in [4.69, 9.17) is 9.26 Å². The number of para-hydroxylation sites is 1. The molecule has 2 aromatic rings. The monoisotopic (exact) mass is 291 g/mol. The smallest absolute Gasteiger partial charge is 0.323 e. The van der Waals surface area contributed by atoms with Gasteiger partial charge < -0.3 is 14.3 Å². The zero-order valence-corrected chi connectivity index (χ0v) is 12.5. The number of rotatable bonds is 6. The van der Waals surface area contributed by atoms with Gasteiger partial charge in [0.05, 0.1) is 19.0 Å². The molecule has 2 rings (SSSR count). The van der Waals surface area contributed by atoms with Crippen LogP contribution in [0.25, 0.3) is 0 Å². The number of nitrogens with one attached hydrogen (secondary N) is 1. The van der Waals surface area contributed by atoms with Crippen LogP contribution in [0, 0.1) is 0 Å². The highest BCUT2D eigenvalue weighted by atomic mass is 31.2. The fourth-order valence-electron chi connectivity index (χ4n) is 1.81. The largest absolute Gasteiger partial charge is 0.497 e. The minimum Gasteiger partial charge on any atom is -0.497 e. The molecule has 1 N–H and O–H groups in total. The van der Waals surface area contributed by atoms with Gasteiger partial charge in [0, 0.05) is 5.69 Å². The van der Waals surface area contributed by atoms with E-state index in [1.165, 1.54) is 0 Å². The van der Waals surface area contributed by atoms with Gasteiger partial charge in [-0.1, -0.05) is 18.2 Å². The van der Waals surface area contributed by atoms with Gasteiger partial charge in [-0.2, -0.15) is 0 Å². The first-order chi connectivity index (χ1) is 9.68. The van der Waals surface area contributed by atoms with Crippen LogP contribution in [0.2, 0.25) is 0 Å². The van der Waals surface area contributed by atoms with E-state index in [1.54, 1.807) is 31.4 Å². The van der Waals surface area contributed by atoms with Gasteiger partial charge in [0.2, 0.25) is 0 Å². The number of ether oxygens (including phenoxy) is 1. The molecule has 0 saturated heterocycles. The summed E-state index contributed by atoms with van der Waals surface area (Å²) < 4.78 is 23.6. The van der Waals surface area contributed by atoms with Crippen molar-refractivity contribution in [3.63, 3.8) is 0 Å². The molecule has 0 aliphatic heterocycles. The molecule has 0 bridgehead atoms. The fourth-order valence-corrected chi connectivity index (χ4v) is 3.55. The van der Waals surface area contributed by atoms with E-state index in [1.807, 2.05) is 37.3 Å². The lowest BCUT2D eigenvalue weighted by molar-refractivity contribution is 0.344. The zero-order chi connectivity index (χ0) is 14.4. The van der Waals surface area contributed by atoms with E-state index < -0.39 is 7.52 Å². The lowest BCUT2D eigenvalue weighted by Crippen LogP contribution is -2.14. The third-order valence-electron chi connectivity index (χ3n) is 2.77. The summed E-state index contributed by atoms with van der Waals surface area (Å²) in [5.41, 5.74) is 0.764. The van der Waals surface area contributed by atoms with Crippen molar-refractivity contribution in [1.82, 2.24) is 0 Å². The van der Waals surface area contributed by atoms with Gasteiger partial charge in [0.15, 0.2) is 0 Å². The molecule has 0 heterocycles. The van der Waals surface area contributed by atoms with Crippen LogP contribution in [-0.2, 0) is 9.09 Å². The Hall–Kier alpha value is -1.77. The summed E-state index contributed by atoms with van der Waals surface area (Å²) in [5.74, 6) is 0.719. The summed E-state index contributed by atoms with van der Waals surface area (Å²) in [7, 11) is -1.53. The molecule has 20 heavy (non-hydrogen) atoms. The second-order valence-electron chi connectivity index (χ2n) is 4.15. The predicted octanol–water partition coefficient (Wildman–Crippen LogP) is 3.66. The highest BCUT2D eigenvalue weighted by molar-refractivity contribution is 7.68. The maximum Gasteiger partial charge on any atom is 0.323 e. The van der Waals surface area contributed by atoms with E-state index in [0.29, 0.717) is 11.9 Å². The van der Waals surface area contributed by atoms with Gasteiger partial charge in [0.25, 0.3) is 0 Å². The van der Waals surface area contributed by atoms with Crippen molar-refractivity contribution in [3.8, 4) is 5.75 Å². The molecule has 0 aromatic heterocycles. The van der Waals surface area contributed by atoms with E-state index in [2.05, 4.69) is 5.09 Å². The summed E-state index contributed by atoms with van der Waals surface area (Å²) in [6.07, 6.45) is 0. The second kappa shape index (κ2) is 6.60. The van der Waals surface area contributed by atoms with Gasteiger partial charge >= 0.3 is 7.52 Å². The van der Waals surface area contributed by atoms with Crippen molar-refractivity contribution in [3.05, 3.63) is 54.6 Å². The van der Waals surface area contributed by atoms with Crippen LogP contribution in [-0.4, -0.2) is 13.7 Å². The van der Waals surface area contributed by atoms with Crippen molar-refractivity contribution >= 4 is 18.5 Å². The number of methoxy groups -OCH3 is 1. The van der Waals surface area contributed by atoms with E-state index >= 15 is 0 Å². The topological polar surface area (TPSA) is 47.6 Å². The zero-order valence-electron chi connectivity index (χ0n) is 11.6. The standard InChI is InChI=1S/C15H18NO3P/c1-3-19-20(17,16-13-7-5-4-6-8-13)15-11-9-14(18-2)10-12-15/h4-12H,3H2,1-2H3,(H,16,17). The normalized spacial score (nSPS) is 13.5. The number of hydrogen-bond acceptors (Lipinski definition) is 3. The predicted molar refractivity (Wildman–Crippen MR) is 81.9 cm³/mol. The Bertz CT molecular complexity index is 584. The summed E-state index contributed by atoms with van der Waals surface area (Å²) in [4.78, 5) is 0. The van der Waals surface area contributed by atoms with Crippen LogP contribution in [0.3, 0.4) is 0 Å². The van der Waals surface area contributed by atoms with Crippen LogP contribution in [0.4, 0.5) is 5.69 Å². The lowest BCUT2D eigenvalue weighted by Gasteiger charge is -2.20. The molecular formula is C15H18NO3P. The Morgan fingerprint density at radius 2 is 1.70 bits per heavy atom. The Morgan fingerprint density at radius 1 is 1.05 bits per heavy atom. The van der Waals surface area contributed by atoms with E-state index in [9.17, 15) is 4.57 Å². The molecule has 1 unspecified atom stereocenters. The first-order valence-corrected chi connectivity index (χ1v) is 8.03. The summed E-state index contributed by atoms with van der Waals surface area (Å²) in [6, 6.07) is 16.4. The minimum atomic E-state index is -3.13. The van der Waals surface area contributed by atoms with Gasteiger partial charge in [-0.3, -0.25) is 4.57 Å². The van der Waals surface area contributed by atoms with Gasteiger partial charge in [-0.05, 0) is 43.3 Å². The Kier molecular flexibility index (Phi) is 4.83. The SMILES string of the molecule is CCOP(=O)(Nc1ccccc1)c1ccc(OC)cc1. The fraction of sp³-hybridized carbons (Fsp3) is 0.200. The van der Waals surface area contributed by atoms with Crippen molar-refractivity contribution in [2.75, 3.05) is 18.8 Å². The summed E-state index contributed by atoms with van der Waals surface area (Å²) >= 11 is 0. The molecule has 5 heteroatoms. The molecule has 0 amide bonds. The quantitative estimate of drug-likeness (QED) is 0.825. The van der Waals surface area contributed by atoms with Gasteiger partial charge in [-0.15, -0.1) is 0 Å².